The topological polar surface area (TPSA) is 3.24 Å². The van der Waals surface area contributed by atoms with Crippen LogP contribution < -0.4 is 4.90 Å². The van der Waals surface area contributed by atoms with Crippen LogP contribution in [0.5, 0.6) is 0 Å². The summed E-state index contributed by atoms with van der Waals surface area (Å²) in [6.07, 6.45) is 9.35. The molecule has 7 aromatic rings. The van der Waals surface area contributed by atoms with Crippen LogP contribution in [0.4, 0.5) is 17.1 Å². The van der Waals surface area contributed by atoms with Crippen LogP contribution in [0.3, 0.4) is 0 Å². The van der Waals surface area contributed by atoms with E-state index in [0.717, 1.165) is 24.2 Å². The molecule has 1 nitrogen and oxygen atoms in total. The molecule has 10 rings (SSSR count). The van der Waals surface area contributed by atoms with Crippen LogP contribution in [0.1, 0.15) is 54.5 Å². The van der Waals surface area contributed by atoms with Crippen LogP contribution in [-0.4, -0.2) is 0 Å². The van der Waals surface area contributed by atoms with Gasteiger partial charge in [0, 0.05) is 22.5 Å². The standard InChI is InChI=1S/C52H41N/c1-51(2)47-24-14-12-22-43(47)45-33-31-42(35-49(45)51)53(40-20-10-5-11-21-40)41-29-26-36(27-30-41)37-28-32-46-44-23-13-15-25-48(44)52(50(46)34-37,38-16-6-3-7-17-38)39-18-8-4-9-19-39/h3,5-8,10-35H,4,9H2,1-2H3. The number of hydrogen-bond donors (Lipinski definition) is 0. The van der Waals surface area contributed by atoms with Crippen molar-refractivity contribution in [2.24, 2.45) is 0 Å². The van der Waals surface area contributed by atoms with E-state index in [1.165, 1.54) is 72.5 Å². The largest absolute Gasteiger partial charge is 0.310 e. The molecule has 0 spiro atoms. The Hall–Kier alpha value is -6.18. The van der Waals surface area contributed by atoms with Crippen LogP contribution in [0.2, 0.25) is 0 Å². The summed E-state index contributed by atoms with van der Waals surface area (Å²) in [7, 11) is 0. The molecule has 0 saturated heterocycles. The van der Waals surface area contributed by atoms with Crippen LogP contribution in [0, 0.1) is 0 Å². The lowest BCUT2D eigenvalue weighted by Crippen LogP contribution is -2.29. The average molecular weight is 680 g/mol. The maximum Gasteiger partial charge on any atom is 0.0710 e. The summed E-state index contributed by atoms with van der Waals surface area (Å²) in [5.74, 6) is 0. The van der Waals surface area contributed by atoms with E-state index in [-0.39, 0.29) is 10.8 Å². The molecule has 3 aliphatic carbocycles. The molecule has 0 amide bonds. The first-order valence-corrected chi connectivity index (χ1v) is 18.9. The maximum atomic E-state index is 2.47. The summed E-state index contributed by atoms with van der Waals surface area (Å²) in [5.41, 5.74) is 19.0. The highest BCUT2D eigenvalue weighted by atomic mass is 15.1. The second kappa shape index (κ2) is 12.2. The van der Waals surface area contributed by atoms with Crippen molar-refractivity contribution in [3.63, 3.8) is 0 Å². The van der Waals surface area contributed by atoms with Crippen molar-refractivity contribution in [1.82, 2.24) is 0 Å². The number of nitrogens with zero attached hydrogens (tertiary/aromatic N) is 1. The summed E-state index contributed by atoms with van der Waals surface area (Å²) < 4.78 is 0. The zero-order valence-corrected chi connectivity index (χ0v) is 30.3. The summed E-state index contributed by atoms with van der Waals surface area (Å²) in [4.78, 5) is 2.39. The van der Waals surface area contributed by atoms with Gasteiger partial charge in [-0.3, -0.25) is 0 Å². The zero-order chi connectivity index (χ0) is 35.6. The minimum Gasteiger partial charge on any atom is -0.310 e. The quantitative estimate of drug-likeness (QED) is 0.169. The van der Waals surface area contributed by atoms with Crippen molar-refractivity contribution in [3.8, 4) is 33.4 Å². The van der Waals surface area contributed by atoms with Crippen molar-refractivity contribution >= 4 is 17.1 Å². The molecule has 1 heteroatoms. The zero-order valence-electron chi connectivity index (χ0n) is 30.3. The summed E-state index contributed by atoms with van der Waals surface area (Å²) in [5, 5.41) is 0. The van der Waals surface area contributed by atoms with E-state index in [4.69, 9.17) is 0 Å². The van der Waals surface area contributed by atoms with E-state index in [1.807, 2.05) is 0 Å². The molecule has 7 aromatic carbocycles. The first-order chi connectivity index (χ1) is 26.0. The Bertz CT molecular complexity index is 2570. The SMILES string of the molecule is CC1(C)c2ccccc2-c2ccc(N(c3ccccc3)c3ccc(-c4ccc5c(c4)C(C4=CCCC=C4)(c4ccccc4)c4ccccc4-5)cc3)cc21. The Morgan fingerprint density at radius 3 is 1.74 bits per heavy atom. The van der Waals surface area contributed by atoms with Crippen molar-refractivity contribution in [1.29, 1.82) is 0 Å². The monoisotopic (exact) mass is 679 g/mol. The van der Waals surface area contributed by atoms with Crippen molar-refractivity contribution in [3.05, 3.63) is 221 Å². The lowest BCUT2D eigenvalue weighted by Gasteiger charge is -2.35. The first-order valence-electron chi connectivity index (χ1n) is 18.9. The lowest BCUT2D eigenvalue weighted by atomic mass is 9.66. The minimum absolute atomic E-state index is 0.0696. The van der Waals surface area contributed by atoms with Gasteiger partial charge in [0.15, 0.2) is 0 Å². The molecule has 0 N–H and O–H groups in total. The van der Waals surface area contributed by atoms with Crippen LogP contribution in [0.15, 0.2) is 194 Å². The fourth-order valence-corrected chi connectivity index (χ4v) is 9.49. The molecule has 0 fully saturated rings. The molecule has 3 aliphatic rings. The third-order valence-electron chi connectivity index (χ3n) is 12.0. The molecule has 0 aliphatic heterocycles. The number of anilines is 3. The van der Waals surface area contributed by atoms with Crippen molar-refractivity contribution < 1.29 is 0 Å². The van der Waals surface area contributed by atoms with Gasteiger partial charge in [-0.2, -0.15) is 0 Å². The first kappa shape index (κ1) is 31.5. The summed E-state index contributed by atoms with van der Waals surface area (Å²) in [6.45, 7) is 4.71. The molecular weight excluding hydrogens is 639 g/mol. The predicted molar refractivity (Wildman–Crippen MR) is 222 cm³/mol. The third-order valence-corrected chi connectivity index (χ3v) is 12.0. The van der Waals surface area contributed by atoms with Crippen molar-refractivity contribution in [2.45, 2.75) is 37.5 Å². The highest BCUT2D eigenvalue weighted by molar-refractivity contribution is 5.90. The van der Waals surface area contributed by atoms with Gasteiger partial charge in [-0.25, -0.2) is 0 Å². The van der Waals surface area contributed by atoms with Gasteiger partial charge in [-0.15, -0.1) is 0 Å². The predicted octanol–water partition coefficient (Wildman–Crippen LogP) is 13.7. The Morgan fingerprint density at radius 1 is 0.434 bits per heavy atom. The van der Waals surface area contributed by atoms with E-state index < -0.39 is 0 Å². The average Bonchev–Trinajstić information content (AvgIpc) is 3.65. The van der Waals surface area contributed by atoms with Crippen molar-refractivity contribution in [2.75, 3.05) is 4.90 Å². The highest BCUT2D eigenvalue weighted by Crippen LogP contribution is 2.58. The van der Waals surface area contributed by atoms with E-state index in [0.29, 0.717) is 0 Å². The molecule has 1 unspecified atom stereocenters. The Morgan fingerprint density at radius 2 is 1.00 bits per heavy atom. The highest BCUT2D eigenvalue weighted by Gasteiger charge is 2.47. The van der Waals surface area contributed by atoms with Crippen LogP contribution in [-0.2, 0) is 10.8 Å². The van der Waals surface area contributed by atoms with Gasteiger partial charge < -0.3 is 4.90 Å². The van der Waals surface area contributed by atoms with E-state index in [9.17, 15) is 0 Å². The number of para-hydroxylation sites is 1. The molecule has 0 saturated carbocycles. The van der Waals surface area contributed by atoms with E-state index in [1.54, 1.807) is 0 Å². The third kappa shape index (κ3) is 4.77. The fourth-order valence-electron chi connectivity index (χ4n) is 9.49. The van der Waals surface area contributed by atoms with Gasteiger partial charge in [0.1, 0.15) is 0 Å². The Balaban J connectivity index is 1.09. The Labute approximate surface area is 313 Å². The minimum atomic E-state index is -0.370. The van der Waals surface area contributed by atoms with Gasteiger partial charge in [-0.1, -0.05) is 159 Å². The second-order valence-electron chi connectivity index (χ2n) is 15.2. The normalized spacial score (nSPS) is 17.4. The smallest absolute Gasteiger partial charge is 0.0710 e. The summed E-state index contributed by atoms with van der Waals surface area (Å²) in [6, 6.07) is 63.1. The van der Waals surface area contributed by atoms with Gasteiger partial charge in [0.25, 0.3) is 0 Å². The molecular formula is C52H41N. The number of benzene rings is 7. The van der Waals surface area contributed by atoms with Gasteiger partial charge in [0.2, 0.25) is 0 Å². The number of hydrogen-bond acceptors (Lipinski definition) is 1. The number of allylic oxidation sites excluding steroid dienone is 4. The van der Waals surface area contributed by atoms with Gasteiger partial charge in [-0.05, 0) is 122 Å². The van der Waals surface area contributed by atoms with Crippen LogP contribution >= 0.6 is 0 Å². The maximum absolute atomic E-state index is 2.47. The van der Waals surface area contributed by atoms with Crippen LogP contribution in [0.25, 0.3) is 33.4 Å². The molecule has 254 valence electrons. The number of fused-ring (bicyclic) bond motifs is 6. The van der Waals surface area contributed by atoms with E-state index >= 15 is 0 Å². The summed E-state index contributed by atoms with van der Waals surface area (Å²) >= 11 is 0. The molecule has 0 radical (unpaired) electrons. The number of rotatable bonds is 6. The second-order valence-corrected chi connectivity index (χ2v) is 15.2. The van der Waals surface area contributed by atoms with E-state index in [2.05, 4.69) is 207 Å². The molecule has 0 bridgehead atoms. The Kier molecular flexibility index (Phi) is 7.27. The molecule has 0 heterocycles. The van der Waals surface area contributed by atoms with Gasteiger partial charge >= 0.3 is 0 Å². The fraction of sp³-hybridized carbons (Fsp3) is 0.115. The lowest BCUT2D eigenvalue weighted by molar-refractivity contribution is 0.660. The molecule has 53 heavy (non-hydrogen) atoms. The molecule has 1 atom stereocenters. The molecule has 0 aromatic heterocycles. The van der Waals surface area contributed by atoms with Gasteiger partial charge in [0.05, 0.1) is 5.41 Å².